The predicted molar refractivity (Wildman–Crippen MR) is 99.7 cm³/mol. The number of benzene rings is 1. The summed E-state index contributed by atoms with van der Waals surface area (Å²) in [6.45, 7) is 1.98. The summed E-state index contributed by atoms with van der Waals surface area (Å²) < 4.78 is 1.56. The molecule has 3 N–H and O–H groups in total. The monoisotopic (exact) mass is 359 g/mol. The Labute approximate surface area is 152 Å². The second-order valence-electron chi connectivity index (χ2n) is 6.53. The number of nitrogens with one attached hydrogen (secondary N) is 1. The number of carbonyl (C=O) groups excluding carboxylic acids is 1. The lowest BCUT2D eigenvalue weighted by molar-refractivity contribution is -0.119. The van der Waals surface area contributed by atoms with Crippen LogP contribution in [0.2, 0.25) is 0 Å². The summed E-state index contributed by atoms with van der Waals surface area (Å²) in [7, 11) is 0. The van der Waals surface area contributed by atoms with Gasteiger partial charge in [0.15, 0.2) is 5.82 Å². The number of nitrogens with two attached hydrogens (primary N) is 1. The van der Waals surface area contributed by atoms with Crippen molar-refractivity contribution in [2.75, 3.05) is 11.6 Å². The van der Waals surface area contributed by atoms with E-state index in [0.717, 1.165) is 24.2 Å². The molecule has 7 heteroatoms. The van der Waals surface area contributed by atoms with Crippen molar-refractivity contribution in [2.24, 2.45) is 0 Å². The summed E-state index contributed by atoms with van der Waals surface area (Å²) in [6.07, 6.45) is 5.97. The van der Waals surface area contributed by atoms with Crippen LogP contribution in [0.3, 0.4) is 0 Å². The summed E-state index contributed by atoms with van der Waals surface area (Å²) in [5, 5.41) is 12.0. The van der Waals surface area contributed by atoms with Gasteiger partial charge >= 0.3 is 0 Å². The predicted octanol–water partition coefficient (Wildman–Crippen LogP) is 3.01. The van der Waals surface area contributed by atoms with Gasteiger partial charge in [0.2, 0.25) is 11.1 Å². The summed E-state index contributed by atoms with van der Waals surface area (Å²) in [6, 6.07) is 9.89. The molecule has 25 heavy (non-hydrogen) atoms. The molecule has 1 aromatic carbocycles. The van der Waals surface area contributed by atoms with Gasteiger partial charge in [-0.2, -0.15) is 0 Å². The van der Waals surface area contributed by atoms with Crippen molar-refractivity contribution < 1.29 is 4.79 Å². The van der Waals surface area contributed by atoms with Gasteiger partial charge in [0.1, 0.15) is 0 Å². The molecule has 1 aromatic heterocycles. The Morgan fingerprint density at radius 2 is 2.00 bits per heavy atom. The third-order valence-corrected chi connectivity index (χ3v) is 5.61. The van der Waals surface area contributed by atoms with Gasteiger partial charge in [-0.1, -0.05) is 61.4 Å². The molecule has 1 atom stereocenters. The number of hydrogen-bond acceptors (Lipinski definition) is 5. The van der Waals surface area contributed by atoms with Crippen LogP contribution in [-0.4, -0.2) is 26.5 Å². The first kappa shape index (κ1) is 17.8. The molecular formula is C18H25N5OS. The van der Waals surface area contributed by atoms with Gasteiger partial charge in [0.25, 0.3) is 0 Å². The Hall–Kier alpha value is -2.02. The van der Waals surface area contributed by atoms with E-state index in [1.165, 1.54) is 31.0 Å². The highest BCUT2D eigenvalue weighted by Gasteiger charge is 2.23. The fourth-order valence-electron chi connectivity index (χ4n) is 3.26. The molecule has 1 heterocycles. The molecule has 1 amide bonds. The molecule has 0 bridgehead atoms. The second-order valence-corrected chi connectivity index (χ2v) is 7.48. The van der Waals surface area contributed by atoms with E-state index in [1.54, 1.807) is 4.68 Å². The Morgan fingerprint density at radius 3 is 2.72 bits per heavy atom. The minimum Gasteiger partial charge on any atom is -0.349 e. The van der Waals surface area contributed by atoms with Crippen molar-refractivity contribution >= 4 is 17.7 Å². The first-order valence-electron chi connectivity index (χ1n) is 8.82. The van der Waals surface area contributed by atoms with Crippen LogP contribution in [0.4, 0.5) is 0 Å². The number of amides is 1. The average Bonchev–Trinajstić information content (AvgIpc) is 3.02. The molecule has 3 rings (SSSR count). The maximum absolute atomic E-state index is 12.2. The molecule has 0 unspecified atom stereocenters. The van der Waals surface area contributed by atoms with Crippen molar-refractivity contribution in [1.29, 1.82) is 0 Å². The van der Waals surface area contributed by atoms with E-state index in [0.29, 0.717) is 11.1 Å². The molecule has 2 aromatic rings. The first-order valence-corrected chi connectivity index (χ1v) is 9.81. The molecule has 1 saturated carbocycles. The van der Waals surface area contributed by atoms with Crippen LogP contribution < -0.4 is 11.2 Å². The van der Waals surface area contributed by atoms with Crippen LogP contribution in [0.1, 0.15) is 62.4 Å². The maximum atomic E-state index is 12.2. The Balaban J connectivity index is 1.53. The SMILES string of the molecule is C[C@H](NC(=O)CSc1nnc(C2CCCCC2)n1N)c1ccccc1. The highest BCUT2D eigenvalue weighted by molar-refractivity contribution is 7.99. The number of rotatable bonds is 6. The van der Waals surface area contributed by atoms with Gasteiger partial charge in [-0.3, -0.25) is 4.79 Å². The molecule has 1 aliphatic rings. The minimum atomic E-state index is -0.0384. The zero-order chi connectivity index (χ0) is 17.6. The number of hydrogen-bond donors (Lipinski definition) is 2. The van der Waals surface area contributed by atoms with Gasteiger partial charge < -0.3 is 11.2 Å². The molecule has 0 spiro atoms. The van der Waals surface area contributed by atoms with E-state index >= 15 is 0 Å². The van der Waals surface area contributed by atoms with E-state index in [4.69, 9.17) is 5.84 Å². The highest BCUT2D eigenvalue weighted by Crippen LogP contribution is 2.32. The van der Waals surface area contributed by atoms with Gasteiger partial charge in [-0.25, -0.2) is 4.68 Å². The fourth-order valence-corrected chi connectivity index (χ4v) is 3.94. The number of thioether (sulfide) groups is 1. The van der Waals surface area contributed by atoms with Gasteiger partial charge in [-0.15, -0.1) is 10.2 Å². The lowest BCUT2D eigenvalue weighted by Gasteiger charge is -2.20. The van der Waals surface area contributed by atoms with Crippen molar-refractivity contribution in [3.05, 3.63) is 41.7 Å². The van der Waals surface area contributed by atoms with Gasteiger partial charge in [0.05, 0.1) is 11.8 Å². The number of aromatic nitrogens is 3. The molecule has 1 fully saturated rings. The normalized spacial score (nSPS) is 16.5. The van der Waals surface area contributed by atoms with Gasteiger partial charge in [0, 0.05) is 5.92 Å². The topological polar surface area (TPSA) is 85.8 Å². The van der Waals surface area contributed by atoms with Crippen molar-refractivity contribution in [2.45, 2.75) is 56.1 Å². The summed E-state index contributed by atoms with van der Waals surface area (Å²) in [5.41, 5.74) is 1.09. The lowest BCUT2D eigenvalue weighted by Crippen LogP contribution is -2.28. The van der Waals surface area contributed by atoms with Crippen LogP contribution in [-0.2, 0) is 4.79 Å². The smallest absolute Gasteiger partial charge is 0.230 e. The summed E-state index contributed by atoms with van der Waals surface area (Å²) >= 11 is 1.33. The lowest BCUT2D eigenvalue weighted by atomic mass is 9.89. The number of nitrogen functional groups attached to an aromatic ring is 1. The van der Waals surface area contributed by atoms with Crippen LogP contribution in [0.25, 0.3) is 0 Å². The largest absolute Gasteiger partial charge is 0.349 e. The van der Waals surface area contributed by atoms with Crippen LogP contribution >= 0.6 is 11.8 Å². The summed E-state index contributed by atoms with van der Waals surface area (Å²) in [5.74, 6) is 7.63. The standard InChI is InChI=1S/C18H25N5OS/c1-13(14-8-4-2-5-9-14)20-16(24)12-25-18-22-21-17(23(18)19)15-10-6-3-7-11-15/h2,4-5,8-9,13,15H,3,6-7,10-12,19H2,1H3,(H,20,24)/t13-/m0/s1. The van der Waals surface area contributed by atoms with Gasteiger partial charge in [-0.05, 0) is 25.3 Å². The molecule has 6 nitrogen and oxygen atoms in total. The van der Waals surface area contributed by atoms with E-state index in [-0.39, 0.29) is 17.7 Å². The fraction of sp³-hybridized carbons (Fsp3) is 0.500. The first-order chi connectivity index (χ1) is 12.1. The van der Waals surface area contributed by atoms with E-state index in [1.807, 2.05) is 37.3 Å². The third-order valence-electron chi connectivity index (χ3n) is 4.67. The van der Waals surface area contributed by atoms with Crippen LogP contribution in [0.5, 0.6) is 0 Å². The van der Waals surface area contributed by atoms with Crippen molar-refractivity contribution in [3.63, 3.8) is 0 Å². The summed E-state index contributed by atoms with van der Waals surface area (Å²) in [4.78, 5) is 12.2. The molecule has 0 saturated heterocycles. The Bertz CT molecular complexity index is 697. The third kappa shape index (κ3) is 4.54. The minimum absolute atomic E-state index is 0.0251. The van der Waals surface area contributed by atoms with Crippen molar-refractivity contribution in [1.82, 2.24) is 20.2 Å². The molecule has 134 valence electrons. The zero-order valence-corrected chi connectivity index (χ0v) is 15.3. The van der Waals surface area contributed by atoms with E-state index < -0.39 is 0 Å². The Morgan fingerprint density at radius 1 is 1.28 bits per heavy atom. The van der Waals surface area contributed by atoms with E-state index in [9.17, 15) is 4.79 Å². The average molecular weight is 359 g/mol. The van der Waals surface area contributed by atoms with Crippen LogP contribution in [0.15, 0.2) is 35.5 Å². The van der Waals surface area contributed by atoms with Crippen LogP contribution in [0, 0.1) is 0 Å². The maximum Gasteiger partial charge on any atom is 0.230 e. The molecule has 0 radical (unpaired) electrons. The van der Waals surface area contributed by atoms with E-state index in [2.05, 4.69) is 15.5 Å². The number of nitrogens with zero attached hydrogens (tertiary/aromatic N) is 3. The quantitative estimate of drug-likeness (QED) is 0.612. The zero-order valence-electron chi connectivity index (χ0n) is 14.5. The second kappa shape index (κ2) is 8.38. The molecular weight excluding hydrogens is 334 g/mol. The Kier molecular flexibility index (Phi) is 5.96. The van der Waals surface area contributed by atoms with Crippen molar-refractivity contribution in [3.8, 4) is 0 Å². The molecule has 1 aliphatic carbocycles. The molecule has 0 aliphatic heterocycles. The highest BCUT2D eigenvalue weighted by atomic mass is 32.2. The number of carbonyl (C=O) groups is 1.